The van der Waals surface area contributed by atoms with Crippen LogP contribution < -0.4 is 5.32 Å². The minimum atomic E-state index is 0.420. The monoisotopic (exact) mass is 244 g/mol. The van der Waals surface area contributed by atoms with Gasteiger partial charge in [-0.15, -0.1) is 5.10 Å². The first-order chi connectivity index (χ1) is 6.29. The lowest BCUT2D eigenvalue weighted by molar-refractivity contribution is 0.392. The molecule has 72 valence electrons. The van der Waals surface area contributed by atoms with E-state index in [1.54, 1.807) is 0 Å². The number of hydrogen-bond donors (Lipinski definition) is 1. The van der Waals surface area contributed by atoms with E-state index in [2.05, 4.69) is 31.6 Å². The van der Waals surface area contributed by atoms with Gasteiger partial charge in [0.25, 0.3) is 0 Å². The van der Waals surface area contributed by atoms with Crippen LogP contribution in [0, 0.1) is 0 Å². The molecular formula is C8H13BrN4. The number of piperidine rings is 1. The summed E-state index contributed by atoms with van der Waals surface area (Å²) in [7, 11) is 1.93. The lowest BCUT2D eigenvalue weighted by Crippen LogP contribution is -2.28. The van der Waals surface area contributed by atoms with E-state index in [0.717, 1.165) is 11.1 Å². The molecule has 1 aromatic heterocycles. The molecule has 1 atom stereocenters. The molecule has 1 aliphatic heterocycles. The zero-order chi connectivity index (χ0) is 9.26. The molecule has 4 nitrogen and oxygen atoms in total. The summed E-state index contributed by atoms with van der Waals surface area (Å²) < 4.78 is 2.71. The summed E-state index contributed by atoms with van der Waals surface area (Å²) in [4.78, 5) is 0. The summed E-state index contributed by atoms with van der Waals surface area (Å²) in [5.41, 5.74) is 1.17. The Labute approximate surface area is 85.8 Å². The van der Waals surface area contributed by atoms with Gasteiger partial charge in [0.2, 0.25) is 0 Å². The van der Waals surface area contributed by atoms with Gasteiger partial charge < -0.3 is 5.32 Å². The van der Waals surface area contributed by atoms with Crippen molar-refractivity contribution in [2.24, 2.45) is 7.05 Å². The second-order valence-electron chi connectivity index (χ2n) is 3.39. The summed E-state index contributed by atoms with van der Waals surface area (Å²) in [6, 6.07) is 0.420. The highest BCUT2D eigenvalue weighted by atomic mass is 79.9. The second-order valence-corrected chi connectivity index (χ2v) is 4.14. The van der Waals surface area contributed by atoms with Crippen molar-refractivity contribution in [2.45, 2.75) is 25.3 Å². The van der Waals surface area contributed by atoms with E-state index in [9.17, 15) is 0 Å². The van der Waals surface area contributed by atoms with Gasteiger partial charge in [-0.3, -0.25) is 0 Å². The van der Waals surface area contributed by atoms with Crippen LogP contribution in [0.4, 0.5) is 0 Å². The van der Waals surface area contributed by atoms with E-state index in [4.69, 9.17) is 0 Å². The Balaban J connectivity index is 2.22. The first-order valence-electron chi connectivity index (χ1n) is 4.57. The molecule has 1 aromatic rings. The normalized spacial score (nSPS) is 23.4. The van der Waals surface area contributed by atoms with Gasteiger partial charge in [0.15, 0.2) is 4.60 Å². The zero-order valence-electron chi connectivity index (χ0n) is 7.63. The van der Waals surface area contributed by atoms with Gasteiger partial charge in [-0.2, -0.15) is 0 Å². The fraction of sp³-hybridized carbons (Fsp3) is 0.750. The average Bonchev–Trinajstić information content (AvgIpc) is 2.48. The topological polar surface area (TPSA) is 42.7 Å². The fourth-order valence-corrected chi connectivity index (χ4v) is 2.40. The van der Waals surface area contributed by atoms with Gasteiger partial charge in [0.05, 0.1) is 11.7 Å². The van der Waals surface area contributed by atoms with E-state index in [1.807, 2.05) is 11.7 Å². The zero-order valence-corrected chi connectivity index (χ0v) is 9.21. The van der Waals surface area contributed by atoms with Gasteiger partial charge in [-0.25, -0.2) is 4.68 Å². The smallest absolute Gasteiger partial charge is 0.153 e. The number of halogens is 1. The molecule has 5 heteroatoms. The van der Waals surface area contributed by atoms with Gasteiger partial charge in [-0.05, 0) is 35.3 Å². The molecule has 2 rings (SSSR count). The average molecular weight is 245 g/mol. The first kappa shape index (κ1) is 9.15. The Morgan fingerprint density at radius 1 is 1.54 bits per heavy atom. The first-order valence-corrected chi connectivity index (χ1v) is 5.37. The molecule has 1 saturated heterocycles. The maximum absolute atomic E-state index is 3.98. The Hall–Kier alpha value is -0.420. The maximum atomic E-state index is 3.98. The maximum Gasteiger partial charge on any atom is 0.153 e. The second kappa shape index (κ2) is 3.75. The number of aryl methyl sites for hydroxylation is 1. The van der Waals surface area contributed by atoms with Crippen LogP contribution in [0.15, 0.2) is 4.60 Å². The van der Waals surface area contributed by atoms with E-state index in [1.165, 1.54) is 25.0 Å². The van der Waals surface area contributed by atoms with Crippen LogP contribution in [0.25, 0.3) is 0 Å². The third-order valence-corrected chi connectivity index (χ3v) is 3.03. The Bertz CT molecular complexity index is 271. The quantitative estimate of drug-likeness (QED) is 0.813. The number of nitrogens with one attached hydrogen (secondary N) is 1. The van der Waals surface area contributed by atoms with Crippen LogP contribution in [-0.4, -0.2) is 21.5 Å². The van der Waals surface area contributed by atoms with Crippen molar-refractivity contribution in [3.8, 4) is 0 Å². The van der Waals surface area contributed by atoms with Gasteiger partial charge >= 0.3 is 0 Å². The summed E-state index contributed by atoms with van der Waals surface area (Å²) in [5.74, 6) is 0. The predicted octanol–water partition coefficient (Wildman–Crippen LogP) is 1.39. The summed E-state index contributed by atoms with van der Waals surface area (Å²) >= 11 is 3.42. The van der Waals surface area contributed by atoms with Crippen LogP contribution >= 0.6 is 15.9 Å². The molecule has 1 fully saturated rings. The highest BCUT2D eigenvalue weighted by Crippen LogP contribution is 2.26. The van der Waals surface area contributed by atoms with Crippen molar-refractivity contribution < 1.29 is 0 Å². The van der Waals surface area contributed by atoms with E-state index in [-0.39, 0.29) is 0 Å². The molecule has 0 aliphatic carbocycles. The standard InChI is InChI=1S/C8H13BrN4/c1-13-7(8(9)11-12-13)6-4-2-3-5-10-6/h6,10H,2-5H2,1H3. The third kappa shape index (κ3) is 1.76. The van der Waals surface area contributed by atoms with E-state index < -0.39 is 0 Å². The molecular weight excluding hydrogens is 232 g/mol. The molecule has 0 radical (unpaired) electrons. The van der Waals surface area contributed by atoms with E-state index >= 15 is 0 Å². The largest absolute Gasteiger partial charge is 0.309 e. The highest BCUT2D eigenvalue weighted by molar-refractivity contribution is 9.10. The van der Waals surface area contributed by atoms with Crippen molar-refractivity contribution in [2.75, 3.05) is 6.54 Å². The Kier molecular flexibility index (Phi) is 2.64. The van der Waals surface area contributed by atoms with Gasteiger partial charge in [-0.1, -0.05) is 11.6 Å². The SMILES string of the molecule is Cn1nnc(Br)c1C1CCCCN1. The molecule has 2 heterocycles. The fourth-order valence-electron chi connectivity index (χ4n) is 1.79. The summed E-state index contributed by atoms with van der Waals surface area (Å²) in [6.07, 6.45) is 3.74. The molecule has 0 bridgehead atoms. The molecule has 1 aliphatic rings. The molecule has 13 heavy (non-hydrogen) atoms. The van der Waals surface area contributed by atoms with Crippen molar-refractivity contribution in [3.05, 3.63) is 10.3 Å². The lowest BCUT2D eigenvalue weighted by atomic mass is 10.0. The summed E-state index contributed by atoms with van der Waals surface area (Å²) in [6.45, 7) is 1.10. The van der Waals surface area contributed by atoms with Crippen LogP contribution in [0.1, 0.15) is 31.0 Å². The lowest BCUT2D eigenvalue weighted by Gasteiger charge is -2.23. The third-order valence-electron chi connectivity index (χ3n) is 2.47. The molecule has 0 aromatic carbocycles. The van der Waals surface area contributed by atoms with Gasteiger partial charge in [0, 0.05) is 7.05 Å². The van der Waals surface area contributed by atoms with E-state index in [0.29, 0.717) is 6.04 Å². The molecule has 0 saturated carbocycles. The molecule has 0 spiro atoms. The summed E-state index contributed by atoms with van der Waals surface area (Å²) in [5, 5.41) is 11.4. The predicted molar refractivity (Wildman–Crippen MR) is 53.3 cm³/mol. The Morgan fingerprint density at radius 3 is 2.92 bits per heavy atom. The number of aromatic nitrogens is 3. The van der Waals surface area contributed by atoms with Crippen LogP contribution in [-0.2, 0) is 7.05 Å². The Morgan fingerprint density at radius 2 is 2.38 bits per heavy atom. The molecule has 1 N–H and O–H groups in total. The van der Waals surface area contributed by atoms with Crippen LogP contribution in [0.5, 0.6) is 0 Å². The van der Waals surface area contributed by atoms with Crippen molar-refractivity contribution in [3.63, 3.8) is 0 Å². The number of hydrogen-bond acceptors (Lipinski definition) is 3. The van der Waals surface area contributed by atoms with Crippen LogP contribution in [0.2, 0.25) is 0 Å². The van der Waals surface area contributed by atoms with Crippen LogP contribution in [0.3, 0.4) is 0 Å². The van der Waals surface area contributed by atoms with Crippen molar-refractivity contribution in [1.82, 2.24) is 20.3 Å². The molecule has 0 amide bonds. The number of nitrogens with zero attached hydrogens (tertiary/aromatic N) is 3. The van der Waals surface area contributed by atoms with Gasteiger partial charge in [0.1, 0.15) is 0 Å². The minimum Gasteiger partial charge on any atom is -0.309 e. The minimum absolute atomic E-state index is 0.420. The van der Waals surface area contributed by atoms with Crippen molar-refractivity contribution >= 4 is 15.9 Å². The number of rotatable bonds is 1. The van der Waals surface area contributed by atoms with Crippen molar-refractivity contribution in [1.29, 1.82) is 0 Å². The molecule has 1 unspecified atom stereocenters. The highest BCUT2D eigenvalue weighted by Gasteiger charge is 2.21.